The van der Waals surface area contributed by atoms with Crippen LogP contribution in [0.5, 0.6) is 0 Å². The first-order valence-electron chi connectivity index (χ1n) is 9.52. The van der Waals surface area contributed by atoms with E-state index >= 15 is 0 Å². The molecule has 7 nitrogen and oxygen atoms in total. The van der Waals surface area contributed by atoms with E-state index in [1.807, 2.05) is 36.6 Å². The highest BCUT2D eigenvalue weighted by molar-refractivity contribution is 9.10. The minimum atomic E-state index is -0.283. The van der Waals surface area contributed by atoms with E-state index in [9.17, 15) is 9.59 Å². The van der Waals surface area contributed by atoms with E-state index in [-0.39, 0.29) is 24.1 Å². The topological polar surface area (TPSA) is 88.9 Å². The number of amides is 2. The summed E-state index contributed by atoms with van der Waals surface area (Å²) in [6.07, 6.45) is 0. The lowest BCUT2D eigenvalue weighted by Crippen LogP contribution is -2.25. The van der Waals surface area contributed by atoms with Crippen molar-refractivity contribution in [2.75, 3.05) is 11.1 Å². The second-order valence-electron chi connectivity index (χ2n) is 6.61. The molecule has 10 heteroatoms. The summed E-state index contributed by atoms with van der Waals surface area (Å²) in [7, 11) is 0. The van der Waals surface area contributed by atoms with Crippen LogP contribution in [0.1, 0.15) is 28.7 Å². The van der Waals surface area contributed by atoms with Crippen LogP contribution >= 0.6 is 39.3 Å². The van der Waals surface area contributed by atoms with Crippen LogP contribution in [0, 0.1) is 6.92 Å². The number of hydrogen-bond donors (Lipinski definition) is 2. The Labute approximate surface area is 198 Å². The van der Waals surface area contributed by atoms with E-state index in [4.69, 9.17) is 11.6 Å². The third kappa shape index (κ3) is 6.09. The number of nitrogens with one attached hydrogen (secondary N) is 2. The van der Waals surface area contributed by atoms with Crippen LogP contribution in [0.3, 0.4) is 0 Å². The Hall–Kier alpha value is -2.36. The zero-order chi connectivity index (χ0) is 22.4. The molecular formula is C21H21BrClN5O2S. The number of nitrogens with zero attached hydrogens (tertiary/aromatic N) is 3. The molecule has 1 heterocycles. The molecule has 0 bridgehead atoms. The van der Waals surface area contributed by atoms with Gasteiger partial charge in [-0.05, 0) is 49.7 Å². The van der Waals surface area contributed by atoms with E-state index < -0.39 is 0 Å². The zero-order valence-corrected chi connectivity index (χ0v) is 20.1. The summed E-state index contributed by atoms with van der Waals surface area (Å²) < 4.78 is 2.86. The van der Waals surface area contributed by atoms with Crippen molar-refractivity contribution in [1.82, 2.24) is 20.1 Å². The van der Waals surface area contributed by atoms with E-state index in [2.05, 4.69) is 36.8 Å². The third-order valence-corrected chi connectivity index (χ3v) is 6.60. The summed E-state index contributed by atoms with van der Waals surface area (Å²) in [6, 6.07) is 12.5. The molecule has 0 saturated carbocycles. The van der Waals surface area contributed by atoms with Gasteiger partial charge in [-0.15, -0.1) is 10.2 Å². The zero-order valence-electron chi connectivity index (χ0n) is 17.0. The summed E-state index contributed by atoms with van der Waals surface area (Å²) in [6.45, 7) is 4.73. The lowest BCUT2D eigenvalue weighted by Gasteiger charge is -2.09. The molecule has 0 saturated heterocycles. The molecule has 3 rings (SSSR count). The van der Waals surface area contributed by atoms with Crippen molar-refractivity contribution in [2.24, 2.45) is 0 Å². The van der Waals surface area contributed by atoms with Crippen molar-refractivity contribution in [2.45, 2.75) is 32.1 Å². The number of benzene rings is 2. The Kier molecular flexibility index (Phi) is 8.11. The first-order valence-corrected chi connectivity index (χ1v) is 11.7. The average Bonchev–Trinajstić information content (AvgIpc) is 3.15. The molecule has 2 amide bonds. The summed E-state index contributed by atoms with van der Waals surface area (Å²) >= 11 is 10.8. The number of anilines is 1. The summed E-state index contributed by atoms with van der Waals surface area (Å²) in [5, 5.41) is 15.0. The van der Waals surface area contributed by atoms with Crippen LogP contribution in [-0.2, 0) is 17.9 Å². The lowest BCUT2D eigenvalue weighted by atomic mass is 10.2. The van der Waals surface area contributed by atoms with Crippen LogP contribution in [0.4, 0.5) is 5.69 Å². The first-order chi connectivity index (χ1) is 14.9. The van der Waals surface area contributed by atoms with Crippen molar-refractivity contribution in [3.05, 3.63) is 68.9 Å². The van der Waals surface area contributed by atoms with Gasteiger partial charge in [0.1, 0.15) is 0 Å². The SMILES string of the molecule is CCn1c(CNC(=O)c2ccccc2Cl)nnc1SCC(=O)Nc1ccc(Br)c(C)c1. The Morgan fingerprint density at radius 2 is 1.97 bits per heavy atom. The number of thioether (sulfide) groups is 1. The maximum Gasteiger partial charge on any atom is 0.253 e. The van der Waals surface area contributed by atoms with Gasteiger partial charge in [-0.2, -0.15) is 0 Å². The number of halogens is 2. The van der Waals surface area contributed by atoms with Crippen LogP contribution in [0.2, 0.25) is 5.02 Å². The molecule has 0 atom stereocenters. The molecule has 0 aliphatic heterocycles. The van der Waals surface area contributed by atoms with Crippen LogP contribution in [0.15, 0.2) is 52.1 Å². The Morgan fingerprint density at radius 3 is 2.68 bits per heavy atom. The molecular weight excluding hydrogens is 502 g/mol. The van der Waals surface area contributed by atoms with Crippen LogP contribution < -0.4 is 10.6 Å². The Bertz CT molecular complexity index is 1110. The number of aryl methyl sites for hydroxylation is 1. The van der Waals surface area contributed by atoms with E-state index in [0.29, 0.717) is 28.1 Å². The fraction of sp³-hybridized carbons (Fsp3) is 0.238. The van der Waals surface area contributed by atoms with Gasteiger partial charge in [0.2, 0.25) is 5.91 Å². The van der Waals surface area contributed by atoms with Crippen molar-refractivity contribution in [3.8, 4) is 0 Å². The van der Waals surface area contributed by atoms with Gasteiger partial charge in [0.05, 0.1) is 22.9 Å². The molecule has 0 aliphatic carbocycles. The van der Waals surface area contributed by atoms with Gasteiger partial charge < -0.3 is 15.2 Å². The standard InChI is InChI=1S/C21H21BrClN5O2S/c1-3-28-18(11-24-20(30)15-6-4-5-7-17(15)23)26-27-21(28)31-12-19(29)25-14-8-9-16(22)13(2)10-14/h4-10H,3,11-12H2,1-2H3,(H,24,30)(H,25,29). The Morgan fingerprint density at radius 1 is 1.19 bits per heavy atom. The molecule has 0 unspecified atom stereocenters. The Balaban J connectivity index is 1.58. The maximum absolute atomic E-state index is 12.4. The second kappa shape index (κ2) is 10.8. The molecule has 1 aromatic heterocycles. The molecule has 0 fully saturated rings. The summed E-state index contributed by atoms with van der Waals surface area (Å²) in [4.78, 5) is 24.7. The molecule has 2 N–H and O–H groups in total. The third-order valence-electron chi connectivity index (χ3n) is 4.41. The second-order valence-corrected chi connectivity index (χ2v) is 8.81. The van der Waals surface area contributed by atoms with Gasteiger partial charge in [-0.25, -0.2) is 0 Å². The van der Waals surface area contributed by atoms with Gasteiger partial charge in [-0.1, -0.05) is 51.4 Å². The van der Waals surface area contributed by atoms with Gasteiger partial charge in [-0.3, -0.25) is 9.59 Å². The van der Waals surface area contributed by atoms with Crippen LogP contribution in [0.25, 0.3) is 0 Å². The minimum absolute atomic E-state index is 0.133. The molecule has 31 heavy (non-hydrogen) atoms. The number of carbonyl (C=O) groups is 2. The smallest absolute Gasteiger partial charge is 0.253 e. The van der Waals surface area contributed by atoms with E-state index in [1.54, 1.807) is 24.3 Å². The molecule has 0 radical (unpaired) electrons. The average molecular weight is 523 g/mol. The minimum Gasteiger partial charge on any atom is -0.345 e. The lowest BCUT2D eigenvalue weighted by molar-refractivity contribution is -0.113. The van der Waals surface area contributed by atoms with Gasteiger partial charge in [0.25, 0.3) is 5.91 Å². The molecule has 2 aromatic carbocycles. The summed E-state index contributed by atoms with van der Waals surface area (Å²) in [5.74, 6) is 0.383. The fourth-order valence-corrected chi connectivity index (χ4v) is 4.11. The maximum atomic E-state index is 12.4. The number of carbonyl (C=O) groups excluding carboxylic acids is 2. The highest BCUT2D eigenvalue weighted by Crippen LogP contribution is 2.21. The molecule has 3 aromatic rings. The van der Waals surface area contributed by atoms with Crippen molar-refractivity contribution in [3.63, 3.8) is 0 Å². The predicted molar refractivity (Wildman–Crippen MR) is 127 cm³/mol. The normalized spacial score (nSPS) is 10.7. The molecule has 162 valence electrons. The van der Waals surface area contributed by atoms with Gasteiger partial charge in [0, 0.05) is 16.7 Å². The fourth-order valence-electron chi connectivity index (χ4n) is 2.82. The van der Waals surface area contributed by atoms with Crippen molar-refractivity contribution in [1.29, 1.82) is 0 Å². The summed E-state index contributed by atoms with van der Waals surface area (Å²) in [5.41, 5.74) is 2.19. The van der Waals surface area contributed by atoms with E-state index in [0.717, 1.165) is 15.7 Å². The first kappa shape index (κ1) is 23.3. The van der Waals surface area contributed by atoms with Crippen LogP contribution in [-0.4, -0.2) is 32.3 Å². The van der Waals surface area contributed by atoms with Crippen molar-refractivity contribution >= 4 is 56.8 Å². The predicted octanol–water partition coefficient (Wildman–Crippen LogP) is 4.68. The highest BCUT2D eigenvalue weighted by Gasteiger charge is 2.15. The molecule has 0 spiro atoms. The molecule has 0 aliphatic rings. The number of rotatable bonds is 8. The highest BCUT2D eigenvalue weighted by atomic mass is 79.9. The monoisotopic (exact) mass is 521 g/mol. The van der Waals surface area contributed by atoms with Crippen molar-refractivity contribution < 1.29 is 9.59 Å². The quantitative estimate of drug-likeness (QED) is 0.419. The number of hydrogen-bond acceptors (Lipinski definition) is 5. The van der Waals surface area contributed by atoms with Gasteiger partial charge in [0.15, 0.2) is 11.0 Å². The van der Waals surface area contributed by atoms with E-state index in [1.165, 1.54) is 11.8 Å². The largest absolute Gasteiger partial charge is 0.345 e. The number of aromatic nitrogens is 3. The van der Waals surface area contributed by atoms with Gasteiger partial charge >= 0.3 is 0 Å².